The van der Waals surface area contributed by atoms with Gasteiger partial charge in [0.05, 0.1) is 11.8 Å². The number of nitrogens with one attached hydrogen (secondary N) is 2. The molecule has 4 heterocycles. The maximum absolute atomic E-state index is 14.8. The summed E-state index contributed by atoms with van der Waals surface area (Å²) in [5.74, 6) is 0.668. The van der Waals surface area contributed by atoms with Crippen LogP contribution in [0.25, 0.3) is 0 Å². The van der Waals surface area contributed by atoms with E-state index in [2.05, 4.69) is 20.6 Å². The number of amides is 2. The summed E-state index contributed by atoms with van der Waals surface area (Å²) in [5.41, 5.74) is 3.01. The first-order valence-corrected chi connectivity index (χ1v) is 14.2. The summed E-state index contributed by atoms with van der Waals surface area (Å²) in [4.78, 5) is 36.5. The number of aliphatic hydroxyl groups is 1. The molecule has 13 heteroatoms. The Balaban J connectivity index is 0.00000423. The van der Waals surface area contributed by atoms with E-state index in [0.29, 0.717) is 62.0 Å². The molecule has 2 amide bonds. The van der Waals surface area contributed by atoms with Crippen LogP contribution >= 0.6 is 13.5 Å². The summed E-state index contributed by atoms with van der Waals surface area (Å²) in [5, 5.41) is 16.8. The molecule has 0 bridgehead atoms. The van der Waals surface area contributed by atoms with Gasteiger partial charge in [-0.3, -0.25) is 14.5 Å². The van der Waals surface area contributed by atoms with E-state index >= 15 is 0 Å². The number of fused-ring (bicyclic) bond motifs is 1. The highest BCUT2D eigenvalue weighted by atomic mass is 32.1. The topological polar surface area (TPSA) is 133 Å². The molecular weight excluding hydrogens is 575 g/mol. The zero-order chi connectivity index (χ0) is 29.6. The average Bonchev–Trinajstić information content (AvgIpc) is 3.39. The molecule has 1 fully saturated rings. The summed E-state index contributed by atoms with van der Waals surface area (Å²) < 4.78 is 25.7. The summed E-state index contributed by atoms with van der Waals surface area (Å²) in [6.45, 7) is 6.48. The lowest BCUT2D eigenvalue weighted by Crippen LogP contribution is -2.42. The maximum Gasteiger partial charge on any atom is 0.251 e. The van der Waals surface area contributed by atoms with Crippen molar-refractivity contribution in [3.8, 4) is 5.75 Å². The highest BCUT2D eigenvalue weighted by Crippen LogP contribution is 2.28. The molecule has 0 spiro atoms. The Labute approximate surface area is 257 Å². The van der Waals surface area contributed by atoms with Gasteiger partial charge in [0.25, 0.3) is 5.91 Å². The molecule has 2 aromatic heterocycles. The van der Waals surface area contributed by atoms with Gasteiger partial charge < -0.3 is 29.8 Å². The number of aromatic nitrogens is 2. The minimum atomic E-state index is -0.793. The fraction of sp³-hybridized carbons (Fsp3) is 0.467. The molecule has 0 radical (unpaired) electrons. The van der Waals surface area contributed by atoms with E-state index in [9.17, 15) is 19.1 Å². The van der Waals surface area contributed by atoms with Gasteiger partial charge in [0, 0.05) is 64.0 Å². The molecule has 3 N–H and O–H groups in total. The first-order valence-electron chi connectivity index (χ1n) is 14.2. The standard InChI is InChI=1S/C30H37FN6O5.H2S/c1-19-28(42-18-34-19)17-41-27-12-21-4-8-36(15-23(21)11-26(27)31)16-25(39)14-33-30(40)22-3-7-32-29(13-22)35-24-5-9-37(10-6-24)20(2)38;/h3,7,11-13,18,24-25,39H,4-6,8-10,14-17H2,1-2H3,(H,32,35)(H,33,40);1H2/t25-;/m0./s1. The SMILES string of the molecule is CC(=O)N1CCC(Nc2cc(C(=O)NC[C@H](O)CN3CCc4cc(OCc5ocnc5C)c(F)cc4C3)ccn2)CC1.S. The Kier molecular flexibility index (Phi) is 11.0. The second-order valence-electron chi connectivity index (χ2n) is 10.9. The van der Waals surface area contributed by atoms with Crippen molar-refractivity contribution in [1.29, 1.82) is 0 Å². The molecular formula is C30H39FN6O5S. The van der Waals surface area contributed by atoms with Gasteiger partial charge in [0.1, 0.15) is 12.4 Å². The van der Waals surface area contributed by atoms with E-state index < -0.39 is 11.9 Å². The molecule has 1 atom stereocenters. The van der Waals surface area contributed by atoms with E-state index in [1.165, 1.54) is 12.5 Å². The van der Waals surface area contributed by atoms with Gasteiger partial charge in [-0.05, 0) is 61.6 Å². The number of β-amino-alcohol motifs (C(OH)–C–C–N with tert-alkyl or cyclic N) is 1. The summed E-state index contributed by atoms with van der Waals surface area (Å²) >= 11 is 0. The number of rotatable bonds is 10. The van der Waals surface area contributed by atoms with Crippen LogP contribution in [0.3, 0.4) is 0 Å². The van der Waals surface area contributed by atoms with Crippen molar-refractivity contribution >= 4 is 31.1 Å². The lowest BCUT2D eigenvalue weighted by atomic mass is 9.99. The molecule has 43 heavy (non-hydrogen) atoms. The van der Waals surface area contributed by atoms with E-state index in [1.54, 1.807) is 38.2 Å². The fourth-order valence-electron chi connectivity index (χ4n) is 5.36. The lowest BCUT2D eigenvalue weighted by Gasteiger charge is -2.32. The Hall–Kier alpha value is -3.68. The summed E-state index contributed by atoms with van der Waals surface area (Å²) in [7, 11) is 0. The zero-order valence-electron chi connectivity index (χ0n) is 24.4. The third kappa shape index (κ3) is 8.46. The van der Waals surface area contributed by atoms with Gasteiger partial charge in [-0.15, -0.1) is 0 Å². The maximum atomic E-state index is 14.8. The van der Waals surface area contributed by atoms with Crippen molar-refractivity contribution in [1.82, 2.24) is 25.1 Å². The number of oxazole rings is 1. The van der Waals surface area contributed by atoms with Gasteiger partial charge in [0.15, 0.2) is 23.7 Å². The number of ether oxygens (including phenoxy) is 1. The van der Waals surface area contributed by atoms with Crippen LogP contribution in [-0.4, -0.2) is 81.6 Å². The number of piperidine rings is 1. The third-order valence-electron chi connectivity index (χ3n) is 7.83. The minimum Gasteiger partial charge on any atom is -0.482 e. The van der Waals surface area contributed by atoms with Gasteiger partial charge in [-0.1, -0.05) is 0 Å². The van der Waals surface area contributed by atoms with Crippen molar-refractivity contribution in [3.05, 3.63) is 70.8 Å². The molecule has 2 aliphatic heterocycles. The number of halogens is 1. The minimum absolute atomic E-state index is 0. The van der Waals surface area contributed by atoms with Gasteiger partial charge in [-0.2, -0.15) is 13.5 Å². The number of nitrogens with zero attached hydrogens (tertiary/aromatic N) is 4. The number of aliphatic hydroxyl groups excluding tert-OH is 1. The van der Waals surface area contributed by atoms with Gasteiger partial charge in [0.2, 0.25) is 5.91 Å². The van der Waals surface area contributed by atoms with Crippen molar-refractivity contribution in [3.63, 3.8) is 0 Å². The summed E-state index contributed by atoms with van der Waals surface area (Å²) in [6, 6.07) is 6.72. The first kappa shape index (κ1) is 32.2. The van der Waals surface area contributed by atoms with Crippen molar-refractivity contribution < 1.29 is 28.2 Å². The van der Waals surface area contributed by atoms with Gasteiger partial charge >= 0.3 is 0 Å². The molecule has 0 saturated carbocycles. The molecule has 11 nitrogen and oxygen atoms in total. The van der Waals surface area contributed by atoms with Crippen LogP contribution in [0.1, 0.15) is 52.7 Å². The van der Waals surface area contributed by atoms with Crippen molar-refractivity contribution in [2.75, 3.05) is 38.0 Å². The van der Waals surface area contributed by atoms with Crippen molar-refractivity contribution in [2.24, 2.45) is 0 Å². The Morgan fingerprint density at radius 2 is 1.98 bits per heavy atom. The second kappa shape index (κ2) is 14.7. The van der Waals surface area contributed by atoms with Crippen LogP contribution in [0.2, 0.25) is 0 Å². The van der Waals surface area contributed by atoms with Crippen LogP contribution in [0.5, 0.6) is 5.75 Å². The smallest absolute Gasteiger partial charge is 0.251 e. The van der Waals surface area contributed by atoms with Gasteiger partial charge in [-0.25, -0.2) is 14.4 Å². The number of aryl methyl sites for hydroxylation is 1. The normalized spacial score (nSPS) is 16.1. The molecule has 5 rings (SSSR count). The highest BCUT2D eigenvalue weighted by molar-refractivity contribution is 7.59. The number of likely N-dealkylation sites (tertiary alicyclic amines) is 1. The first-order chi connectivity index (χ1) is 20.2. The molecule has 2 aliphatic rings. The van der Waals surface area contributed by atoms with Crippen LogP contribution < -0.4 is 15.4 Å². The average molecular weight is 615 g/mol. The number of benzene rings is 1. The molecule has 1 saturated heterocycles. The molecule has 3 aromatic rings. The monoisotopic (exact) mass is 614 g/mol. The predicted molar refractivity (Wildman–Crippen MR) is 163 cm³/mol. The zero-order valence-corrected chi connectivity index (χ0v) is 25.4. The number of pyridine rings is 1. The fourth-order valence-corrected chi connectivity index (χ4v) is 5.36. The van der Waals surface area contributed by atoms with Crippen molar-refractivity contribution in [2.45, 2.75) is 58.4 Å². The Bertz CT molecular complexity index is 1410. The largest absolute Gasteiger partial charge is 0.482 e. The Morgan fingerprint density at radius 1 is 1.19 bits per heavy atom. The van der Waals surface area contributed by atoms with Crippen LogP contribution in [-0.2, 0) is 24.4 Å². The molecule has 0 aliphatic carbocycles. The van der Waals surface area contributed by atoms with Crippen LogP contribution in [0.15, 0.2) is 41.3 Å². The number of hydrogen-bond acceptors (Lipinski definition) is 9. The lowest BCUT2D eigenvalue weighted by molar-refractivity contribution is -0.129. The summed E-state index contributed by atoms with van der Waals surface area (Å²) in [6.07, 6.45) is 4.44. The molecule has 232 valence electrons. The number of carbonyl (C=O) groups is 2. The van der Waals surface area contributed by atoms with Crippen LogP contribution in [0, 0.1) is 12.7 Å². The van der Waals surface area contributed by atoms with Crippen LogP contribution in [0.4, 0.5) is 10.2 Å². The number of hydrogen-bond donors (Lipinski definition) is 3. The predicted octanol–water partition coefficient (Wildman–Crippen LogP) is 2.78. The molecule has 1 aromatic carbocycles. The van der Waals surface area contributed by atoms with E-state index in [-0.39, 0.29) is 50.3 Å². The number of anilines is 1. The third-order valence-corrected chi connectivity index (χ3v) is 7.83. The molecule has 0 unspecified atom stereocenters. The van der Waals surface area contributed by atoms with E-state index in [1.807, 2.05) is 9.80 Å². The second-order valence-corrected chi connectivity index (χ2v) is 10.9. The quantitative estimate of drug-likeness (QED) is 0.315. The number of carbonyl (C=O) groups excluding carboxylic acids is 2. The van der Waals surface area contributed by atoms with E-state index in [4.69, 9.17) is 9.15 Å². The Morgan fingerprint density at radius 3 is 2.70 bits per heavy atom. The highest BCUT2D eigenvalue weighted by Gasteiger charge is 2.23. The van der Waals surface area contributed by atoms with E-state index in [0.717, 1.165) is 24.0 Å².